The van der Waals surface area contributed by atoms with Crippen molar-refractivity contribution in [3.05, 3.63) is 59.9 Å². The van der Waals surface area contributed by atoms with E-state index in [1.54, 1.807) is 42.6 Å². The molecular formula is C24H26N2O9. The summed E-state index contributed by atoms with van der Waals surface area (Å²) in [5.74, 6) is -3.01. The van der Waals surface area contributed by atoms with E-state index >= 15 is 0 Å². The van der Waals surface area contributed by atoms with Gasteiger partial charge in [-0.1, -0.05) is 36.4 Å². The van der Waals surface area contributed by atoms with Crippen LogP contribution in [0.15, 0.2) is 54.4 Å². The summed E-state index contributed by atoms with van der Waals surface area (Å²) in [6.07, 6.45) is 0.613. The van der Waals surface area contributed by atoms with Gasteiger partial charge < -0.3 is 34.3 Å². The Labute approximate surface area is 201 Å². The molecule has 3 aliphatic rings. The van der Waals surface area contributed by atoms with Crippen LogP contribution in [-0.2, 0) is 43.9 Å². The van der Waals surface area contributed by atoms with E-state index in [-0.39, 0.29) is 12.2 Å². The fourth-order valence-corrected chi connectivity index (χ4v) is 4.50. The van der Waals surface area contributed by atoms with Gasteiger partial charge in [0, 0.05) is 44.3 Å². The topological polar surface area (TPSA) is 141 Å². The molecule has 0 bridgehead atoms. The van der Waals surface area contributed by atoms with Crippen LogP contribution in [0.5, 0.6) is 0 Å². The van der Waals surface area contributed by atoms with Crippen molar-refractivity contribution in [1.29, 1.82) is 0 Å². The molecule has 11 heteroatoms. The molecule has 6 atom stereocenters. The first-order valence-corrected chi connectivity index (χ1v) is 11.0. The molecule has 35 heavy (non-hydrogen) atoms. The van der Waals surface area contributed by atoms with Crippen LogP contribution in [0.25, 0.3) is 0 Å². The Balaban J connectivity index is 1.64. The molecule has 1 aromatic carbocycles. The molecule has 2 saturated heterocycles. The van der Waals surface area contributed by atoms with Crippen LogP contribution in [0.3, 0.4) is 0 Å². The van der Waals surface area contributed by atoms with Crippen LogP contribution in [0.4, 0.5) is 0 Å². The lowest BCUT2D eigenvalue weighted by atomic mass is 9.86. The summed E-state index contributed by atoms with van der Waals surface area (Å²) < 4.78 is 21.9. The summed E-state index contributed by atoms with van der Waals surface area (Å²) >= 11 is 0. The number of hydrogen-bond donors (Lipinski definition) is 2. The Morgan fingerprint density at radius 3 is 2.34 bits per heavy atom. The molecule has 1 aromatic rings. The van der Waals surface area contributed by atoms with Gasteiger partial charge >= 0.3 is 17.9 Å². The van der Waals surface area contributed by atoms with E-state index in [0.717, 1.165) is 0 Å². The van der Waals surface area contributed by atoms with Crippen LogP contribution in [0.2, 0.25) is 0 Å². The van der Waals surface area contributed by atoms with Gasteiger partial charge in [-0.05, 0) is 0 Å². The van der Waals surface area contributed by atoms with Crippen molar-refractivity contribution in [2.24, 2.45) is 5.92 Å². The lowest BCUT2D eigenvalue weighted by Crippen LogP contribution is -2.45. The summed E-state index contributed by atoms with van der Waals surface area (Å²) in [4.78, 5) is 49.3. The standard InChI is InChI=1S/C24H26N2O9/c1-13(27)32-12-19-20(33-14(2)28)21(34-15(3)29)23(35-19)26-10-9-18-17(11-26)22(30)25-24(18,31)16-7-5-4-6-8-16/h4-11,18-21,23,31H,12H2,1-3H3,(H,25,30)/t18-,19+,20+,21+,23+,24+/m0/s1. The lowest BCUT2D eigenvalue weighted by Gasteiger charge is -2.34. The quantitative estimate of drug-likeness (QED) is 0.430. The SMILES string of the molecule is CC(=O)OC[C@H]1O[C@@H](N2C=C[C@H]3C(=C2)C(=O)N[C@@]3(O)c2ccccc2)[C@H](OC(C)=O)[C@@H]1OC(C)=O. The first-order chi connectivity index (χ1) is 16.6. The molecule has 1 amide bonds. The van der Waals surface area contributed by atoms with Crippen molar-refractivity contribution < 1.29 is 43.2 Å². The minimum Gasteiger partial charge on any atom is -0.463 e. The van der Waals surface area contributed by atoms with E-state index in [9.17, 15) is 24.3 Å². The number of carbonyl (C=O) groups excluding carboxylic acids is 4. The average molecular weight is 486 g/mol. The molecule has 0 radical (unpaired) electrons. The maximum Gasteiger partial charge on any atom is 0.303 e. The Morgan fingerprint density at radius 1 is 1.06 bits per heavy atom. The molecule has 3 aliphatic heterocycles. The molecule has 0 saturated carbocycles. The monoisotopic (exact) mass is 486 g/mol. The van der Waals surface area contributed by atoms with Gasteiger partial charge in [0.2, 0.25) is 0 Å². The number of fused-ring (bicyclic) bond motifs is 1. The van der Waals surface area contributed by atoms with E-state index in [1.807, 2.05) is 0 Å². The molecule has 186 valence electrons. The minimum atomic E-state index is -1.64. The number of benzene rings is 1. The lowest BCUT2D eigenvalue weighted by molar-refractivity contribution is -0.166. The summed E-state index contributed by atoms with van der Waals surface area (Å²) in [6, 6.07) is 8.74. The minimum absolute atomic E-state index is 0.244. The smallest absolute Gasteiger partial charge is 0.303 e. The van der Waals surface area contributed by atoms with Gasteiger partial charge in [-0.2, -0.15) is 0 Å². The van der Waals surface area contributed by atoms with Gasteiger partial charge in [0.15, 0.2) is 24.2 Å². The van der Waals surface area contributed by atoms with Gasteiger partial charge in [0.1, 0.15) is 12.7 Å². The van der Waals surface area contributed by atoms with Crippen molar-refractivity contribution in [2.45, 2.75) is 51.0 Å². The summed E-state index contributed by atoms with van der Waals surface area (Å²) in [5.41, 5.74) is -0.862. The third-order valence-electron chi connectivity index (χ3n) is 5.94. The van der Waals surface area contributed by atoms with E-state index in [1.165, 1.54) is 31.9 Å². The number of rotatable bonds is 6. The van der Waals surface area contributed by atoms with Crippen molar-refractivity contribution >= 4 is 23.8 Å². The van der Waals surface area contributed by atoms with Gasteiger partial charge in [-0.15, -0.1) is 0 Å². The molecule has 3 heterocycles. The number of aliphatic hydroxyl groups is 1. The zero-order valence-corrected chi connectivity index (χ0v) is 19.4. The molecule has 0 aliphatic carbocycles. The highest BCUT2D eigenvalue weighted by atomic mass is 16.7. The predicted octanol–water partition coefficient (Wildman–Crippen LogP) is 0.442. The second-order valence-electron chi connectivity index (χ2n) is 8.45. The number of esters is 3. The van der Waals surface area contributed by atoms with Gasteiger partial charge in [0.25, 0.3) is 5.91 Å². The first kappa shape index (κ1) is 24.4. The molecule has 2 fully saturated rings. The molecule has 11 nitrogen and oxygen atoms in total. The second kappa shape index (κ2) is 9.51. The van der Waals surface area contributed by atoms with Crippen molar-refractivity contribution in [3.8, 4) is 0 Å². The number of carbonyl (C=O) groups is 4. The van der Waals surface area contributed by atoms with Crippen molar-refractivity contribution in [3.63, 3.8) is 0 Å². The van der Waals surface area contributed by atoms with Crippen molar-refractivity contribution in [2.75, 3.05) is 6.61 Å². The number of nitrogens with zero attached hydrogens (tertiary/aromatic N) is 1. The number of ether oxygens (including phenoxy) is 4. The molecule has 0 spiro atoms. The highest BCUT2D eigenvalue weighted by molar-refractivity contribution is 5.98. The maximum atomic E-state index is 12.8. The fourth-order valence-electron chi connectivity index (χ4n) is 4.50. The van der Waals surface area contributed by atoms with Crippen LogP contribution >= 0.6 is 0 Å². The van der Waals surface area contributed by atoms with E-state index in [2.05, 4.69) is 5.32 Å². The fraction of sp³-hybridized carbons (Fsp3) is 0.417. The Bertz CT molecular complexity index is 1090. The molecule has 0 aromatic heterocycles. The Hall–Kier alpha value is -3.70. The molecule has 4 rings (SSSR count). The summed E-state index contributed by atoms with van der Waals surface area (Å²) in [6.45, 7) is 3.38. The van der Waals surface area contributed by atoms with Crippen LogP contribution in [-0.4, -0.2) is 65.0 Å². The van der Waals surface area contributed by atoms with Crippen LogP contribution in [0.1, 0.15) is 26.3 Å². The number of hydrogen-bond acceptors (Lipinski definition) is 10. The summed E-state index contributed by atoms with van der Waals surface area (Å²) in [5, 5.41) is 13.9. The number of nitrogens with one attached hydrogen (secondary N) is 1. The molecule has 0 unspecified atom stereocenters. The van der Waals surface area contributed by atoms with E-state index in [0.29, 0.717) is 5.56 Å². The largest absolute Gasteiger partial charge is 0.463 e. The molecular weight excluding hydrogens is 460 g/mol. The normalized spacial score (nSPS) is 31.3. The zero-order chi connectivity index (χ0) is 25.3. The van der Waals surface area contributed by atoms with E-state index in [4.69, 9.17) is 18.9 Å². The van der Waals surface area contributed by atoms with Crippen LogP contribution in [0, 0.1) is 5.92 Å². The predicted molar refractivity (Wildman–Crippen MR) is 117 cm³/mol. The molecule has 2 N–H and O–H groups in total. The summed E-state index contributed by atoms with van der Waals surface area (Å²) in [7, 11) is 0. The highest BCUT2D eigenvalue weighted by Gasteiger charge is 2.54. The third kappa shape index (κ3) is 4.77. The first-order valence-electron chi connectivity index (χ1n) is 11.0. The zero-order valence-electron chi connectivity index (χ0n) is 19.4. The average Bonchev–Trinajstić information content (AvgIpc) is 3.26. The van der Waals surface area contributed by atoms with Gasteiger partial charge in [-0.3, -0.25) is 19.2 Å². The maximum absolute atomic E-state index is 12.8. The Morgan fingerprint density at radius 2 is 1.71 bits per heavy atom. The number of amides is 1. The van der Waals surface area contributed by atoms with Gasteiger partial charge in [-0.25, -0.2) is 0 Å². The highest BCUT2D eigenvalue weighted by Crippen LogP contribution is 2.42. The van der Waals surface area contributed by atoms with Gasteiger partial charge in [0.05, 0.1) is 5.92 Å². The van der Waals surface area contributed by atoms with Crippen LogP contribution < -0.4 is 5.32 Å². The van der Waals surface area contributed by atoms with E-state index < -0.39 is 60.0 Å². The second-order valence-corrected chi connectivity index (χ2v) is 8.45. The Kier molecular flexibility index (Phi) is 6.64. The van der Waals surface area contributed by atoms with Crippen molar-refractivity contribution in [1.82, 2.24) is 10.2 Å². The third-order valence-corrected chi connectivity index (χ3v) is 5.94.